The van der Waals surface area contributed by atoms with Crippen molar-refractivity contribution in [3.63, 3.8) is 0 Å². The zero-order chi connectivity index (χ0) is 19.1. The normalized spacial score (nSPS) is 16.8. The van der Waals surface area contributed by atoms with Gasteiger partial charge in [0.05, 0.1) is 23.8 Å². The van der Waals surface area contributed by atoms with E-state index in [2.05, 4.69) is 10.2 Å². The van der Waals surface area contributed by atoms with E-state index in [0.717, 1.165) is 13.0 Å². The Morgan fingerprint density at radius 3 is 2.73 bits per heavy atom. The molecule has 7 nitrogen and oxygen atoms in total. The van der Waals surface area contributed by atoms with Crippen LogP contribution in [0.3, 0.4) is 0 Å². The lowest BCUT2D eigenvalue weighted by atomic mass is 10.1. The number of ether oxygens (including phenoxy) is 1. The topological polar surface area (TPSA) is 78.9 Å². The number of likely N-dealkylation sites (tertiary alicyclic amines) is 1. The summed E-state index contributed by atoms with van der Waals surface area (Å²) in [7, 11) is 3.98. The SMILES string of the molecule is CCOC(=O)c1ccccc1NC(=O)C1CC(=O)N(CCCN(C)C)C1. The highest BCUT2D eigenvalue weighted by molar-refractivity contribution is 6.03. The van der Waals surface area contributed by atoms with Crippen molar-refractivity contribution in [1.29, 1.82) is 0 Å². The Labute approximate surface area is 154 Å². The second-order valence-corrected chi connectivity index (χ2v) is 6.65. The number of carbonyl (C=O) groups excluding carboxylic acids is 3. The molecule has 7 heteroatoms. The van der Waals surface area contributed by atoms with Crippen molar-refractivity contribution in [3.8, 4) is 0 Å². The van der Waals surface area contributed by atoms with Crippen LogP contribution in [0.15, 0.2) is 24.3 Å². The number of nitrogens with one attached hydrogen (secondary N) is 1. The minimum Gasteiger partial charge on any atom is -0.462 e. The number of anilines is 1. The molecule has 1 saturated heterocycles. The number of nitrogens with zero attached hydrogens (tertiary/aromatic N) is 2. The summed E-state index contributed by atoms with van der Waals surface area (Å²) in [4.78, 5) is 40.5. The summed E-state index contributed by atoms with van der Waals surface area (Å²) in [6, 6.07) is 6.73. The van der Waals surface area contributed by atoms with Crippen LogP contribution in [0.1, 0.15) is 30.1 Å². The highest BCUT2D eigenvalue weighted by atomic mass is 16.5. The number of esters is 1. The van der Waals surface area contributed by atoms with Gasteiger partial charge in [0.15, 0.2) is 0 Å². The zero-order valence-electron chi connectivity index (χ0n) is 15.7. The van der Waals surface area contributed by atoms with Gasteiger partial charge >= 0.3 is 5.97 Å². The predicted octanol–water partition coefficient (Wildman–Crippen LogP) is 1.60. The Morgan fingerprint density at radius 2 is 2.04 bits per heavy atom. The number of amides is 2. The van der Waals surface area contributed by atoms with Gasteiger partial charge in [-0.2, -0.15) is 0 Å². The van der Waals surface area contributed by atoms with Crippen LogP contribution in [0.5, 0.6) is 0 Å². The molecule has 1 heterocycles. The first kappa shape index (κ1) is 19.9. The molecule has 0 radical (unpaired) electrons. The molecule has 0 bridgehead atoms. The smallest absolute Gasteiger partial charge is 0.340 e. The van der Waals surface area contributed by atoms with Gasteiger partial charge in [0.25, 0.3) is 0 Å². The molecule has 2 rings (SSSR count). The second kappa shape index (κ2) is 9.33. The zero-order valence-corrected chi connectivity index (χ0v) is 15.7. The standard InChI is InChI=1S/C19H27N3O4/c1-4-26-19(25)15-8-5-6-9-16(15)20-18(24)14-12-17(23)22(13-14)11-7-10-21(2)3/h5-6,8-9,14H,4,7,10-13H2,1-3H3,(H,20,24). The molecule has 1 aromatic carbocycles. The Morgan fingerprint density at radius 1 is 1.31 bits per heavy atom. The van der Waals surface area contributed by atoms with Crippen LogP contribution in [0.4, 0.5) is 5.69 Å². The van der Waals surface area contributed by atoms with E-state index in [1.165, 1.54) is 0 Å². The number of hydrogen-bond acceptors (Lipinski definition) is 5. The Hall–Kier alpha value is -2.41. The van der Waals surface area contributed by atoms with Crippen molar-refractivity contribution < 1.29 is 19.1 Å². The number of rotatable bonds is 8. The average molecular weight is 361 g/mol. The molecule has 1 aliphatic heterocycles. The van der Waals surface area contributed by atoms with Crippen molar-refractivity contribution in [2.75, 3.05) is 45.7 Å². The maximum Gasteiger partial charge on any atom is 0.340 e. The molecular formula is C19H27N3O4. The molecule has 1 unspecified atom stereocenters. The first-order chi connectivity index (χ1) is 12.4. The lowest BCUT2D eigenvalue weighted by Gasteiger charge is -2.18. The second-order valence-electron chi connectivity index (χ2n) is 6.65. The molecule has 26 heavy (non-hydrogen) atoms. The van der Waals surface area contributed by atoms with Crippen LogP contribution in [-0.4, -0.2) is 67.9 Å². The number of hydrogen-bond donors (Lipinski definition) is 1. The first-order valence-corrected chi connectivity index (χ1v) is 8.92. The predicted molar refractivity (Wildman–Crippen MR) is 98.9 cm³/mol. The van der Waals surface area contributed by atoms with E-state index in [4.69, 9.17) is 4.74 Å². The molecule has 0 saturated carbocycles. The van der Waals surface area contributed by atoms with Crippen LogP contribution in [0, 0.1) is 5.92 Å². The maximum atomic E-state index is 12.6. The van der Waals surface area contributed by atoms with Gasteiger partial charge in [-0.15, -0.1) is 0 Å². The van der Waals surface area contributed by atoms with Crippen LogP contribution in [-0.2, 0) is 14.3 Å². The number of para-hydroxylation sites is 1. The van der Waals surface area contributed by atoms with Crippen LogP contribution in [0.25, 0.3) is 0 Å². The fourth-order valence-electron chi connectivity index (χ4n) is 2.96. The minimum atomic E-state index is -0.476. The first-order valence-electron chi connectivity index (χ1n) is 8.92. The molecule has 1 aliphatic rings. The molecule has 142 valence electrons. The molecule has 1 atom stereocenters. The summed E-state index contributed by atoms with van der Waals surface area (Å²) in [6.07, 6.45) is 1.08. The largest absolute Gasteiger partial charge is 0.462 e. The lowest BCUT2D eigenvalue weighted by molar-refractivity contribution is -0.128. The molecule has 1 fully saturated rings. The molecule has 1 aromatic rings. The van der Waals surface area contributed by atoms with E-state index in [-0.39, 0.29) is 24.8 Å². The van der Waals surface area contributed by atoms with E-state index in [1.807, 2.05) is 14.1 Å². The fraction of sp³-hybridized carbons (Fsp3) is 0.526. The molecule has 0 aromatic heterocycles. The molecule has 0 aliphatic carbocycles. The maximum absolute atomic E-state index is 12.6. The van der Waals surface area contributed by atoms with Gasteiger partial charge in [0.1, 0.15) is 0 Å². The molecule has 1 N–H and O–H groups in total. The number of benzene rings is 1. The third-order valence-electron chi connectivity index (χ3n) is 4.30. The van der Waals surface area contributed by atoms with E-state index in [9.17, 15) is 14.4 Å². The summed E-state index contributed by atoms with van der Waals surface area (Å²) in [5.74, 6) is -1.12. The Kier molecular flexibility index (Phi) is 7.15. The van der Waals surface area contributed by atoms with E-state index in [0.29, 0.717) is 24.3 Å². The van der Waals surface area contributed by atoms with Crippen LogP contribution in [0.2, 0.25) is 0 Å². The van der Waals surface area contributed by atoms with Gasteiger partial charge in [-0.05, 0) is 46.1 Å². The van der Waals surface area contributed by atoms with E-state index < -0.39 is 11.9 Å². The lowest BCUT2D eigenvalue weighted by Crippen LogP contribution is -2.30. The Balaban J connectivity index is 1.96. The third-order valence-corrected chi connectivity index (χ3v) is 4.30. The van der Waals surface area contributed by atoms with E-state index in [1.54, 1.807) is 36.1 Å². The van der Waals surface area contributed by atoms with E-state index >= 15 is 0 Å². The van der Waals surface area contributed by atoms with Crippen molar-refractivity contribution in [2.45, 2.75) is 19.8 Å². The van der Waals surface area contributed by atoms with Gasteiger partial charge in [0.2, 0.25) is 11.8 Å². The summed E-state index contributed by atoms with van der Waals surface area (Å²) >= 11 is 0. The quantitative estimate of drug-likeness (QED) is 0.712. The van der Waals surface area contributed by atoms with Crippen molar-refractivity contribution >= 4 is 23.5 Å². The highest BCUT2D eigenvalue weighted by Crippen LogP contribution is 2.22. The van der Waals surface area contributed by atoms with Crippen molar-refractivity contribution in [2.24, 2.45) is 5.92 Å². The van der Waals surface area contributed by atoms with Crippen molar-refractivity contribution in [1.82, 2.24) is 9.80 Å². The summed E-state index contributed by atoms with van der Waals surface area (Å²) in [6.45, 7) is 3.96. The summed E-state index contributed by atoms with van der Waals surface area (Å²) in [5.41, 5.74) is 0.726. The summed E-state index contributed by atoms with van der Waals surface area (Å²) in [5, 5.41) is 2.78. The monoisotopic (exact) mass is 361 g/mol. The number of carbonyl (C=O) groups is 3. The Bertz CT molecular complexity index is 660. The van der Waals surface area contributed by atoms with Gasteiger partial charge < -0.3 is 19.9 Å². The minimum absolute atomic E-state index is 0.00239. The van der Waals surface area contributed by atoms with Gasteiger partial charge in [-0.3, -0.25) is 9.59 Å². The van der Waals surface area contributed by atoms with Gasteiger partial charge in [-0.25, -0.2) is 4.79 Å². The molecular weight excluding hydrogens is 334 g/mol. The molecule has 2 amide bonds. The third kappa shape index (κ3) is 5.29. The average Bonchev–Trinajstić information content (AvgIpc) is 2.96. The fourth-order valence-corrected chi connectivity index (χ4v) is 2.96. The van der Waals surface area contributed by atoms with Crippen molar-refractivity contribution in [3.05, 3.63) is 29.8 Å². The van der Waals surface area contributed by atoms with Gasteiger partial charge in [0, 0.05) is 19.5 Å². The molecule has 0 spiro atoms. The summed E-state index contributed by atoms with van der Waals surface area (Å²) < 4.78 is 5.02. The van der Waals surface area contributed by atoms with Gasteiger partial charge in [-0.1, -0.05) is 12.1 Å². The highest BCUT2D eigenvalue weighted by Gasteiger charge is 2.34. The van der Waals surface area contributed by atoms with Crippen LogP contribution < -0.4 is 5.32 Å². The van der Waals surface area contributed by atoms with Crippen LogP contribution >= 0.6 is 0 Å².